The van der Waals surface area contributed by atoms with Crippen LogP contribution in [-0.4, -0.2) is 11.5 Å². The highest BCUT2D eigenvalue weighted by Crippen LogP contribution is 2.01. The Bertz CT molecular complexity index is 370. The molecule has 17 heavy (non-hydrogen) atoms. The molecule has 0 bridgehead atoms. The summed E-state index contributed by atoms with van der Waals surface area (Å²) in [5.74, 6) is 0. The van der Waals surface area contributed by atoms with Crippen LogP contribution >= 0.6 is 0 Å². The first kappa shape index (κ1) is 11.8. The Hall–Kier alpha value is -1.67. The van der Waals surface area contributed by atoms with Gasteiger partial charge in [-0.05, 0) is 42.6 Å². The van der Waals surface area contributed by atoms with Crippen molar-refractivity contribution in [2.24, 2.45) is 0 Å². The Morgan fingerprint density at radius 2 is 1.65 bits per heavy atom. The maximum atomic E-state index is 4.01. The van der Waals surface area contributed by atoms with Gasteiger partial charge in [-0.1, -0.05) is 30.3 Å². The van der Waals surface area contributed by atoms with Gasteiger partial charge >= 0.3 is 0 Å². The predicted molar refractivity (Wildman–Crippen MR) is 70.7 cm³/mol. The molecule has 0 unspecified atom stereocenters. The van der Waals surface area contributed by atoms with Gasteiger partial charge < -0.3 is 5.32 Å². The number of nitrogens with zero attached hydrogens (tertiary/aromatic N) is 1. The van der Waals surface area contributed by atoms with E-state index in [1.807, 2.05) is 18.5 Å². The largest absolute Gasteiger partial charge is 0.313 e. The van der Waals surface area contributed by atoms with Gasteiger partial charge in [0.25, 0.3) is 0 Å². The van der Waals surface area contributed by atoms with E-state index in [1.165, 1.54) is 11.1 Å². The first-order valence-corrected chi connectivity index (χ1v) is 6.09. The average molecular weight is 226 g/mol. The monoisotopic (exact) mass is 226 g/mol. The maximum Gasteiger partial charge on any atom is 0.0270 e. The topological polar surface area (TPSA) is 24.9 Å². The number of nitrogens with one attached hydrogen (secondary N) is 1. The maximum absolute atomic E-state index is 4.01. The van der Waals surface area contributed by atoms with Crippen molar-refractivity contribution in [3.63, 3.8) is 0 Å². The zero-order valence-electron chi connectivity index (χ0n) is 9.97. The van der Waals surface area contributed by atoms with E-state index in [1.54, 1.807) is 0 Å². The zero-order valence-corrected chi connectivity index (χ0v) is 9.97. The van der Waals surface area contributed by atoms with Gasteiger partial charge in [-0.3, -0.25) is 4.98 Å². The van der Waals surface area contributed by atoms with Crippen LogP contribution in [0.1, 0.15) is 17.5 Å². The van der Waals surface area contributed by atoms with E-state index in [0.29, 0.717) is 0 Å². The van der Waals surface area contributed by atoms with Crippen LogP contribution in [-0.2, 0) is 13.0 Å². The van der Waals surface area contributed by atoms with Gasteiger partial charge in [-0.2, -0.15) is 0 Å². The zero-order chi connectivity index (χ0) is 11.8. The Morgan fingerprint density at radius 3 is 2.41 bits per heavy atom. The van der Waals surface area contributed by atoms with Crippen molar-refractivity contribution in [1.82, 2.24) is 10.3 Å². The van der Waals surface area contributed by atoms with Crippen molar-refractivity contribution < 1.29 is 0 Å². The number of benzene rings is 1. The molecule has 0 aliphatic carbocycles. The Balaban J connectivity index is 1.61. The van der Waals surface area contributed by atoms with Crippen molar-refractivity contribution >= 4 is 0 Å². The van der Waals surface area contributed by atoms with Crippen molar-refractivity contribution in [1.29, 1.82) is 0 Å². The van der Waals surface area contributed by atoms with E-state index in [0.717, 1.165) is 25.9 Å². The molecule has 0 spiro atoms. The van der Waals surface area contributed by atoms with Crippen LogP contribution in [0.4, 0.5) is 0 Å². The summed E-state index contributed by atoms with van der Waals surface area (Å²) in [6.45, 7) is 2.01. The lowest BCUT2D eigenvalue weighted by molar-refractivity contribution is 0.649. The highest BCUT2D eigenvalue weighted by Gasteiger charge is 1.93. The molecule has 1 aromatic carbocycles. The first-order valence-electron chi connectivity index (χ1n) is 6.09. The molecule has 1 N–H and O–H groups in total. The molecule has 0 saturated heterocycles. The molecule has 0 amide bonds. The molecule has 2 aromatic rings. The minimum absolute atomic E-state index is 0.956. The fourth-order valence-corrected chi connectivity index (χ4v) is 1.80. The predicted octanol–water partition coefficient (Wildman–Crippen LogP) is 2.80. The van der Waals surface area contributed by atoms with Crippen molar-refractivity contribution in [2.75, 3.05) is 6.54 Å². The number of hydrogen-bond acceptors (Lipinski definition) is 2. The second kappa shape index (κ2) is 6.81. The van der Waals surface area contributed by atoms with Crippen LogP contribution in [0.2, 0.25) is 0 Å². The van der Waals surface area contributed by atoms with Gasteiger partial charge in [-0.25, -0.2) is 0 Å². The van der Waals surface area contributed by atoms with E-state index < -0.39 is 0 Å². The van der Waals surface area contributed by atoms with Crippen molar-refractivity contribution in [2.45, 2.75) is 19.4 Å². The molecule has 0 atom stereocenters. The molecular formula is C15H18N2. The van der Waals surface area contributed by atoms with E-state index in [9.17, 15) is 0 Å². The second-order valence-corrected chi connectivity index (χ2v) is 4.12. The van der Waals surface area contributed by atoms with Crippen LogP contribution in [0.25, 0.3) is 0 Å². The minimum Gasteiger partial charge on any atom is -0.313 e. The van der Waals surface area contributed by atoms with Crippen molar-refractivity contribution in [3.05, 3.63) is 66.0 Å². The van der Waals surface area contributed by atoms with Gasteiger partial charge in [0.1, 0.15) is 0 Å². The molecule has 88 valence electrons. The van der Waals surface area contributed by atoms with Crippen LogP contribution < -0.4 is 5.32 Å². The first-order chi connectivity index (χ1) is 8.45. The van der Waals surface area contributed by atoms with Gasteiger partial charge in [0, 0.05) is 18.9 Å². The molecule has 0 aliphatic heterocycles. The van der Waals surface area contributed by atoms with Crippen LogP contribution in [0, 0.1) is 0 Å². The van der Waals surface area contributed by atoms with E-state index >= 15 is 0 Å². The Kier molecular flexibility index (Phi) is 4.73. The summed E-state index contributed by atoms with van der Waals surface area (Å²) in [6, 6.07) is 14.7. The number of hydrogen-bond donors (Lipinski definition) is 1. The summed E-state index contributed by atoms with van der Waals surface area (Å²) < 4.78 is 0. The van der Waals surface area contributed by atoms with E-state index in [4.69, 9.17) is 0 Å². The third-order valence-electron chi connectivity index (χ3n) is 2.74. The number of pyridine rings is 1. The highest BCUT2D eigenvalue weighted by molar-refractivity contribution is 5.14. The Morgan fingerprint density at radius 1 is 0.882 bits per heavy atom. The summed E-state index contributed by atoms with van der Waals surface area (Å²) in [5, 5.41) is 3.46. The van der Waals surface area contributed by atoms with Gasteiger partial charge in [0.05, 0.1) is 0 Å². The van der Waals surface area contributed by atoms with Gasteiger partial charge in [0.2, 0.25) is 0 Å². The molecular weight excluding hydrogens is 208 g/mol. The lowest BCUT2D eigenvalue weighted by Crippen LogP contribution is -2.15. The smallest absolute Gasteiger partial charge is 0.0270 e. The lowest BCUT2D eigenvalue weighted by Gasteiger charge is -2.04. The standard InChI is InChI=1S/C15H18N2/c1-2-5-15(6-3-1)13-17-10-4-7-14-8-11-16-12-9-14/h1-3,5-6,8-9,11-12,17H,4,7,10,13H2. The Labute approximate surface area is 103 Å². The molecule has 0 saturated carbocycles. The molecule has 0 aliphatic rings. The minimum atomic E-state index is 0.956. The normalized spacial score (nSPS) is 10.4. The summed E-state index contributed by atoms with van der Waals surface area (Å²) in [6.07, 6.45) is 5.99. The summed E-state index contributed by atoms with van der Waals surface area (Å²) >= 11 is 0. The summed E-state index contributed by atoms with van der Waals surface area (Å²) in [4.78, 5) is 4.01. The third kappa shape index (κ3) is 4.37. The molecule has 1 heterocycles. The van der Waals surface area contributed by atoms with E-state index in [2.05, 4.69) is 46.7 Å². The lowest BCUT2D eigenvalue weighted by atomic mass is 10.1. The number of aryl methyl sites for hydroxylation is 1. The fourth-order valence-electron chi connectivity index (χ4n) is 1.80. The van der Waals surface area contributed by atoms with Gasteiger partial charge in [0.15, 0.2) is 0 Å². The quantitative estimate of drug-likeness (QED) is 0.766. The molecule has 0 radical (unpaired) electrons. The molecule has 2 heteroatoms. The fraction of sp³-hybridized carbons (Fsp3) is 0.267. The number of rotatable bonds is 6. The van der Waals surface area contributed by atoms with Crippen LogP contribution in [0.5, 0.6) is 0 Å². The summed E-state index contributed by atoms with van der Waals surface area (Å²) in [5.41, 5.74) is 2.71. The molecule has 2 rings (SSSR count). The van der Waals surface area contributed by atoms with Crippen molar-refractivity contribution in [3.8, 4) is 0 Å². The highest BCUT2D eigenvalue weighted by atomic mass is 14.8. The molecule has 1 aromatic heterocycles. The third-order valence-corrected chi connectivity index (χ3v) is 2.74. The van der Waals surface area contributed by atoms with Crippen LogP contribution in [0.3, 0.4) is 0 Å². The average Bonchev–Trinajstić information content (AvgIpc) is 2.41. The van der Waals surface area contributed by atoms with Gasteiger partial charge in [-0.15, -0.1) is 0 Å². The molecule has 0 fully saturated rings. The van der Waals surface area contributed by atoms with E-state index in [-0.39, 0.29) is 0 Å². The molecule has 2 nitrogen and oxygen atoms in total. The summed E-state index contributed by atoms with van der Waals surface area (Å²) in [7, 11) is 0. The SMILES string of the molecule is c1ccc(CNCCCc2ccncc2)cc1. The number of aromatic nitrogens is 1. The van der Waals surface area contributed by atoms with Crippen LogP contribution in [0.15, 0.2) is 54.9 Å². The second-order valence-electron chi connectivity index (χ2n) is 4.12.